The second-order valence-electron chi connectivity index (χ2n) is 7.85. The molecule has 0 radical (unpaired) electrons. The molecule has 2 fully saturated rings. The van der Waals surface area contributed by atoms with Gasteiger partial charge in [-0.15, -0.1) is 0 Å². The van der Waals surface area contributed by atoms with Crippen molar-refractivity contribution in [2.45, 2.75) is 25.9 Å². The van der Waals surface area contributed by atoms with Crippen LogP contribution in [-0.4, -0.2) is 79.2 Å². The van der Waals surface area contributed by atoms with Gasteiger partial charge in [-0.2, -0.15) is 11.8 Å². The van der Waals surface area contributed by atoms with Crippen molar-refractivity contribution < 1.29 is 14.6 Å². The van der Waals surface area contributed by atoms with Crippen LogP contribution in [0.15, 0.2) is 24.3 Å². The number of nitrogens with two attached hydrogens (primary N) is 1. The second kappa shape index (κ2) is 12.8. The molecule has 0 saturated carbocycles. The Kier molecular flexibility index (Phi) is 9.86. The van der Waals surface area contributed by atoms with E-state index in [-0.39, 0.29) is 6.61 Å². The molecule has 3 heterocycles. The molecular weight excluding hydrogens is 426 g/mol. The number of aliphatic hydroxyl groups is 1. The summed E-state index contributed by atoms with van der Waals surface area (Å²) in [5, 5.41) is 12.7. The Bertz CT molecular complexity index is 837. The third kappa shape index (κ3) is 7.23. The maximum atomic E-state index is 9.81. The standard InChI is InChI=1S/C19H27N5O2S.C4H8O/c1-13-17(20)22-18(23-19(13)24-6-8-27-9-7-24)14-4-3-5-16(10-14)26-12-15(25)11-21-2;1-2-4-5-3-1/h3-5,10,15,21,25H,6-9,11-12H2,1-2H3,(H2,20,22,23);1-4H2. The van der Waals surface area contributed by atoms with E-state index >= 15 is 0 Å². The fourth-order valence-corrected chi connectivity index (χ4v) is 4.36. The van der Waals surface area contributed by atoms with Crippen molar-refractivity contribution in [1.29, 1.82) is 0 Å². The number of hydrogen-bond donors (Lipinski definition) is 3. The van der Waals surface area contributed by atoms with Crippen LogP contribution < -0.4 is 20.7 Å². The van der Waals surface area contributed by atoms with Crippen LogP contribution in [-0.2, 0) is 4.74 Å². The quantitative estimate of drug-likeness (QED) is 0.573. The van der Waals surface area contributed by atoms with E-state index in [1.807, 2.05) is 43.0 Å². The summed E-state index contributed by atoms with van der Waals surface area (Å²) in [4.78, 5) is 11.6. The maximum Gasteiger partial charge on any atom is 0.164 e. The van der Waals surface area contributed by atoms with Crippen LogP contribution in [0.3, 0.4) is 0 Å². The number of ether oxygens (including phenoxy) is 2. The van der Waals surface area contributed by atoms with E-state index in [1.54, 1.807) is 7.05 Å². The van der Waals surface area contributed by atoms with Gasteiger partial charge in [0.25, 0.3) is 0 Å². The molecule has 176 valence electrons. The highest BCUT2D eigenvalue weighted by Crippen LogP contribution is 2.29. The van der Waals surface area contributed by atoms with Crippen LogP contribution in [0.25, 0.3) is 11.4 Å². The second-order valence-corrected chi connectivity index (χ2v) is 9.08. The average molecular weight is 462 g/mol. The van der Waals surface area contributed by atoms with Gasteiger partial charge in [0.05, 0.1) is 0 Å². The van der Waals surface area contributed by atoms with Crippen molar-refractivity contribution in [2.75, 3.05) is 68.6 Å². The third-order valence-corrected chi connectivity index (χ3v) is 6.21. The number of nitrogens with zero attached hydrogens (tertiary/aromatic N) is 3. The molecule has 4 rings (SSSR count). The lowest BCUT2D eigenvalue weighted by Gasteiger charge is -2.29. The van der Waals surface area contributed by atoms with Crippen LogP contribution in [0, 0.1) is 6.92 Å². The van der Waals surface area contributed by atoms with Crippen LogP contribution >= 0.6 is 11.8 Å². The summed E-state index contributed by atoms with van der Waals surface area (Å²) in [7, 11) is 1.79. The monoisotopic (exact) mass is 461 g/mol. The van der Waals surface area contributed by atoms with Gasteiger partial charge in [-0.25, -0.2) is 9.97 Å². The summed E-state index contributed by atoms with van der Waals surface area (Å²) >= 11 is 1.96. The van der Waals surface area contributed by atoms with Gasteiger partial charge in [0.2, 0.25) is 0 Å². The zero-order valence-corrected chi connectivity index (χ0v) is 19.9. The molecule has 1 aromatic heterocycles. The number of anilines is 2. The number of rotatable bonds is 7. The first-order valence-electron chi connectivity index (χ1n) is 11.2. The fraction of sp³-hybridized carbons (Fsp3) is 0.565. The van der Waals surface area contributed by atoms with Gasteiger partial charge in [0, 0.05) is 55.5 Å². The maximum absolute atomic E-state index is 9.81. The Labute approximate surface area is 194 Å². The molecule has 8 nitrogen and oxygen atoms in total. The molecule has 0 spiro atoms. The topological polar surface area (TPSA) is 106 Å². The Morgan fingerprint density at radius 3 is 2.66 bits per heavy atom. The first kappa shape index (κ1) is 24.6. The van der Waals surface area contributed by atoms with E-state index in [9.17, 15) is 5.11 Å². The molecule has 2 aliphatic rings. The molecule has 1 aromatic carbocycles. The van der Waals surface area contributed by atoms with Gasteiger partial charge in [-0.05, 0) is 38.9 Å². The number of benzene rings is 1. The van der Waals surface area contributed by atoms with E-state index in [0.29, 0.717) is 23.9 Å². The first-order valence-corrected chi connectivity index (χ1v) is 12.3. The fourth-order valence-electron chi connectivity index (χ4n) is 3.46. The van der Waals surface area contributed by atoms with E-state index in [4.69, 9.17) is 20.2 Å². The van der Waals surface area contributed by atoms with Crippen molar-refractivity contribution in [3.63, 3.8) is 0 Å². The Morgan fingerprint density at radius 1 is 1.25 bits per heavy atom. The van der Waals surface area contributed by atoms with Crippen molar-refractivity contribution in [3.05, 3.63) is 29.8 Å². The third-order valence-electron chi connectivity index (χ3n) is 5.27. The number of nitrogen functional groups attached to an aromatic ring is 1. The number of thioether (sulfide) groups is 1. The summed E-state index contributed by atoms with van der Waals surface area (Å²) in [5.41, 5.74) is 7.95. The highest BCUT2D eigenvalue weighted by atomic mass is 32.2. The first-order chi connectivity index (χ1) is 15.6. The van der Waals surface area contributed by atoms with Crippen molar-refractivity contribution in [3.8, 4) is 17.1 Å². The van der Waals surface area contributed by atoms with Crippen molar-refractivity contribution in [1.82, 2.24) is 15.3 Å². The molecule has 2 aliphatic heterocycles. The Hall–Kier alpha value is -2.07. The summed E-state index contributed by atoms with van der Waals surface area (Å²) < 4.78 is 10.6. The van der Waals surface area contributed by atoms with Crippen molar-refractivity contribution >= 4 is 23.4 Å². The molecule has 9 heteroatoms. The number of hydrogen-bond acceptors (Lipinski definition) is 9. The lowest BCUT2D eigenvalue weighted by molar-refractivity contribution is 0.108. The summed E-state index contributed by atoms with van der Waals surface area (Å²) in [6.07, 6.45) is 1.99. The van der Waals surface area contributed by atoms with Crippen LogP contribution in [0.2, 0.25) is 0 Å². The van der Waals surface area contributed by atoms with Crippen LogP contribution in [0.1, 0.15) is 18.4 Å². The van der Waals surface area contributed by atoms with Crippen molar-refractivity contribution in [2.24, 2.45) is 0 Å². The smallest absolute Gasteiger partial charge is 0.164 e. The van der Waals surface area contributed by atoms with Crippen LogP contribution in [0.5, 0.6) is 5.75 Å². The minimum atomic E-state index is -0.562. The molecular formula is C23H35N5O3S. The van der Waals surface area contributed by atoms with Crippen LogP contribution in [0.4, 0.5) is 11.6 Å². The van der Waals surface area contributed by atoms with Gasteiger partial charge < -0.3 is 30.5 Å². The average Bonchev–Trinajstić information content (AvgIpc) is 3.41. The molecule has 2 aromatic rings. The molecule has 2 saturated heterocycles. The molecule has 1 unspecified atom stereocenters. The SMILES string of the molecule is C1CCOC1.CNCC(O)COc1cccc(-c2nc(N)c(C)c(N3CCSCC3)n2)c1. The number of aliphatic hydroxyl groups excluding tert-OH is 1. The molecule has 32 heavy (non-hydrogen) atoms. The predicted octanol–water partition coefficient (Wildman–Crippen LogP) is 2.34. The molecule has 0 amide bonds. The summed E-state index contributed by atoms with van der Waals surface area (Å²) in [5.74, 6) is 4.86. The molecule has 1 atom stereocenters. The number of nitrogens with one attached hydrogen (secondary N) is 1. The summed E-state index contributed by atoms with van der Waals surface area (Å²) in [6, 6.07) is 7.57. The Balaban J connectivity index is 0.000000509. The van der Waals surface area contributed by atoms with Gasteiger partial charge >= 0.3 is 0 Å². The lowest BCUT2D eigenvalue weighted by Crippen LogP contribution is -2.34. The van der Waals surface area contributed by atoms with Gasteiger partial charge in [-0.3, -0.25) is 0 Å². The molecule has 0 aliphatic carbocycles. The zero-order chi connectivity index (χ0) is 22.8. The van der Waals surface area contributed by atoms with E-state index in [2.05, 4.69) is 15.2 Å². The highest BCUT2D eigenvalue weighted by molar-refractivity contribution is 7.99. The normalized spacial score (nSPS) is 16.9. The Morgan fingerprint density at radius 2 is 2.00 bits per heavy atom. The minimum absolute atomic E-state index is 0.220. The predicted molar refractivity (Wildman–Crippen MR) is 132 cm³/mol. The van der Waals surface area contributed by atoms with E-state index < -0.39 is 6.10 Å². The molecule has 0 bridgehead atoms. The zero-order valence-electron chi connectivity index (χ0n) is 19.0. The summed E-state index contributed by atoms with van der Waals surface area (Å²) in [6.45, 7) is 6.60. The lowest BCUT2D eigenvalue weighted by atomic mass is 10.2. The van der Waals surface area contributed by atoms with Gasteiger partial charge in [0.1, 0.15) is 30.1 Å². The van der Waals surface area contributed by atoms with Gasteiger partial charge in [-0.1, -0.05) is 12.1 Å². The number of aromatic nitrogens is 2. The minimum Gasteiger partial charge on any atom is -0.491 e. The van der Waals surface area contributed by atoms with E-state index in [1.165, 1.54) is 12.8 Å². The number of likely N-dealkylation sites (N-methyl/N-ethyl adjacent to an activating group) is 1. The molecule has 4 N–H and O–H groups in total. The highest BCUT2D eigenvalue weighted by Gasteiger charge is 2.18. The van der Waals surface area contributed by atoms with E-state index in [0.717, 1.165) is 54.8 Å². The largest absolute Gasteiger partial charge is 0.491 e. The van der Waals surface area contributed by atoms with Gasteiger partial charge in [0.15, 0.2) is 5.82 Å².